The highest BCUT2D eigenvalue weighted by molar-refractivity contribution is 5.58. The molecule has 1 aromatic heterocycles. The van der Waals surface area contributed by atoms with Crippen LogP contribution in [-0.2, 0) is 0 Å². The van der Waals surface area contributed by atoms with Crippen LogP contribution in [0.15, 0.2) is 36.4 Å². The molecule has 0 aliphatic heterocycles. The summed E-state index contributed by atoms with van der Waals surface area (Å²) in [4.78, 5) is 3.08. The highest BCUT2D eigenvalue weighted by Crippen LogP contribution is 2.24. The van der Waals surface area contributed by atoms with Crippen molar-refractivity contribution in [1.29, 1.82) is 0 Å². The molecule has 2 rings (SSSR count). The highest BCUT2D eigenvalue weighted by Gasteiger charge is 2.17. The molecule has 0 aromatic carbocycles. The summed E-state index contributed by atoms with van der Waals surface area (Å²) in [5.74, 6) is 0.601. The number of nitrogens with zero attached hydrogens (tertiary/aromatic N) is 1. The molecular formula is C15H25N2+. The zero-order valence-corrected chi connectivity index (χ0v) is 11.5. The van der Waals surface area contributed by atoms with Gasteiger partial charge in [0, 0.05) is 0 Å². The predicted molar refractivity (Wildman–Crippen MR) is 73.4 cm³/mol. The third-order valence-electron chi connectivity index (χ3n) is 2.61. The summed E-state index contributed by atoms with van der Waals surface area (Å²) in [6.45, 7) is 8.75. The second kappa shape index (κ2) is 7.10. The number of hydrogen-bond donors (Lipinski definition) is 1. The van der Waals surface area contributed by atoms with E-state index in [0.717, 1.165) is 6.42 Å². The minimum absolute atomic E-state index is 0.601. The van der Waals surface area contributed by atoms with E-state index in [0.29, 0.717) is 5.92 Å². The van der Waals surface area contributed by atoms with Gasteiger partial charge in [0.25, 0.3) is 0 Å². The second-order valence-corrected chi connectivity index (χ2v) is 4.71. The fourth-order valence-corrected chi connectivity index (χ4v) is 1.91. The largest absolute Gasteiger partial charge is 0.250 e. The molecule has 0 saturated carbocycles. The highest BCUT2D eigenvalue weighted by atomic mass is 15.0. The van der Waals surface area contributed by atoms with Crippen LogP contribution in [0, 0.1) is 5.92 Å². The van der Waals surface area contributed by atoms with Crippen LogP contribution in [0.3, 0.4) is 0 Å². The average Bonchev–Trinajstić information content (AvgIpc) is 2.83. The minimum atomic E-state index is 0.601. The molecule has 1 heterocycles. The van der Waals surface area contributed by atoms with Gasteiger partial charge < -0.3 is 0 Å². The quantitative estimate of drug-likeness (QED) is 0.747. The van der Waals surface area contributed by atoms with E-state index in [1.807, 2.05) is 12.5 Å². The molecule has 94 valence electrons. The van der Waals surface area contributed by atoms with Crippen molar-refractivity contribution in [3.05, 3.63) is 36.4 Å². The lowest BCUT2D eigenvalue weighted by Crippen LogP contribution is -2.32. The number of imidazole rings is 1. The maximum Gasteiger partial charge on any atom is 0.246 e. The van der Waals surface area contributed by atoms with Crippen LogP contribution in [0.4, 0.5) is 0 Å². The first-order valence-electron chi connectivity index (χ1n) is 6.65. The molecule has 2 heteroatoms. The number of allylic oxidation sites excluding steroid dienone is 4. The molecule has 0 radical (unpaired) electrons. The lowest BCUT2D eigenvalue weighted by atomic mass is 9.94. The number of hydrogen-bond acceptors (Lipinski definition) is 0. The Morgan fingerprint density at radius 3 is 2.41 bits per heavy atom. The molecule has 0 atom stereocenters. The fraction of sp³-hybridized carbons (Fsp3) is 0.533. The summed E-state index contributed by atoms with van der Waals surface area (Å²) in [6.07, 6.45) is 14.3. The predicted octanol–water partition coefficient (Wildman–Crippen LogP) is 3.94. The molecule has 0 fully saturated rings. The molecule has 17 heavy (non-hydrogen) atoms. The lowest BCUT2D eigenvalue weighted by Gasteiger charge is -2.15. The van der Waals surface area contributed by atoms with Crippen molar-refractivity contribution >= 4 is 5.70 Å². The van der Waals surface area contributed by atoms with Gasteiger partial charge in [0.15, 0.2) is 0 Å². The van der Waals surface area contributed by atoms with Crippen LogP contribution in [0.1, 0.15) is 47.0 Å². The number of H-pyrrole nitrogens is 1. The molecule has 1 aromatic rings. The Morgan fingerprint density at radius 2 is 1.88 bits per heavy atom. The molecule has 0 unspecified atom stereocenters. The van der Waals surface area contributed by atoms with Crippen LogP contribution in [-0.4, -0.2) is 4.98 Å². The molecule has 1 aliphatic rings. The third-order valence-corrected chi connectivity index (χ3v) is 2.61. The van der Waals surface area contributed by atoms with Gasteiger partial charge in [-0.05, 0) is 30.4 Å². The van der Waals surface area contributed by atoms with E-state index in [-0.39, 0.29) is 0 Å². The van der Waals surface area contributed by atoms with Crippen LogP contribution in [0.2, 0.25) is 0 Å². The van der Waals surface area contributed by atoms with E-state index in [4.69, 9.17) is 0 Å². The summed E-state index contributed by atoms with van der Waals surface area (Å²) in [6, 6.07) is 0. The molecule has 0 spiro atoms. The van der Waals surface area contributed by atoms with Crippen LogP contribution < -0.4 is 4.57 Å². The van der Waals surface area contributed by atoms with Gasteiger partial charge in [-0.1, -0.05) is 40.2 Å². The van der Waals surface area contributed by atoms with Crippen molar-refractivity contribution < 1.29 is 4.57 Å². The first-order chi connectivity index (χ1) is 8.20. The van der Waals surface area contributed by atoms with Gasteiger partial charge in [0.05, 0.1) is 0 Å². The first kappa shape index (κ1) is 13.8. The summed E-state index contributed by atoms with van der Waals surface area (Å²) < 4.78 is 2.16. The molecule has 0 bridgehead atoms. The number of nitrogens with one attached hydrogen (secondary N) is 1. The zero-order valence-electron chi connectivity index (χ0n) is 11.5. The van der Waals surface area contributed by atoms with Crippen molar-refractivity contribution in [2.45, 2.75) is 47.0 Å². The Labute approximate surface area is 105 Å². The van der Waals surface area contributed by atoms with E-state index in [2.05, 4.69) is 55.6 Å². The third kappa shape index (κ3) is 3.88. The second-order valence-electron chi connectivity index (χ2n) is 4.71. The van der Waals surface area contributed by atoms with Crippen LogP contribution in [0.25, 0.3) is 5.70 Å². The number of aromatic amines is 1. The standard InChI is InChI=1S/C12H16N2.C3H8/c1-10(2)11-5-3-4-6-12(11)14-8-7-13-9-14;1-3-2/h5-10H,3-4H2,1-2H3;3H2,1-2H3/p+1. The van der Waals surface area contributed by atoms with E-state index >= 15 is 0 Å². The maximum atomic E-state index is 3.08. The van der Waals surface area contributed by atoms with Gasteiger partial charge in [-0.2, -0.15) is 0 Å². The fourth-order valence-electron chi connectivity index (χ4n) is 1.91. The van der Waals surface area contributed by atoms with Crippen LogP contribution >= 0.6 is 0 Å². The summed E-state index contributed by atoms with van der Waals surface area (Å²) in [5.41, 5.74) is 2.80. The van der Waals surface area contributed by atoms with Gasteiger partial charge in [-0.3, -0.25) is 0 Å². The summed E-state index contributed by atoms with van der Waals surface area (Å²) in [7, 11) is 0. The van der Waals surface area contributed by atoms with Gasteiger partial charge in [0.2, 0.25) is 6.33 Å². The molecule has 0 amide bonds. The SMILES string of the molecule is CC(C)C1=CCCC=C1[n+]1cc[nH]c1.CCC. The van der Waals surface area contributed by atoms with Crippen molar-refractivity contribution in [2.24, 2.45) is 5.92 Å². The van der Waals surface area contributed by atoms with Gasteiger partial charge in [-0.15, -0.1) is 0 Å². The van der Waals surface area contributed by atoms with E-state index in [9.17, 15) is 0 Å². The van der Waals surface area contributed by atoms with Crippen molar-refractivity contribution in [1.82, 2.24) is 4.98 Å². The zero-order chi connectivity index (χ0) is 12.7. The Morgan fingerprint density at radius 1 is 1.24 bits per heavy atom. The Kier molecular flexibility index (Phi) is 5.75. The van der Waals surface area contributed by atoms with E-state index in [1.165, 1.54) is 24.1 Å². The summed E-state index contributed by atoms with van der Waals surface area (Å²) >= 11 is 0. The van der Waals surface area contributed by atoms with Crippen molar-refractivity contribution in [3.8, 4) is 0 Å². The summed E-state index contributed by atoms with van der Waals surface area (Å²) in [5, 5.41) is 0. The molecule has 1 aliphatic carbocycles. The Balaban J connectivity index is 0.000000437. The normalized spacial score (nSPS) is 14.9. The molecule has 1 N–H and O–H groups in total. The molecule has 0 saturated heterocycles. The minimum Gasteiger partial charge on any atom is -0.250 e. The maximum absolute atomic E-state index is 3.08. The lowest BCUT2D eigenvalue weighted by molar-refractivity contribution is -0.578. The van der Waals surface area contributed by atoms with E-state index < -0.39 is 0 Å². The molecular weight excluding hydrogens is 208 g/mol. The molecule has 2 nitrogen and oxygen atoms in total. The van der Waals surface area contributed by atoms with E-state index in [1.54, 1.807) is 0 Å². The first-order valence-corrected chi connectivity index (χ1v) is 6.65. The Hall–Kier alpha value is -1.31. The van der Waals surface area contributed by atoms with Crippen molar-refractivity contribution in [2.75, 3.05) is 0 Å². The topological polar surface area (TPSA) is 19.7 Å². The van der Waals surface area contributed by atoms with Gasteiger partial charge >= 0.3 is 0 Å². The smallest absolute Gasteiger partial charge is 0.246 e. The average molecular weight is 233 g/mol. The number of rotatable bonds is 2. The van der Waals surface area contributed by atoms with Gasteiger partial charge in [-0.25, -0.2) is 9.55 Å². The van der Waals surface area contributed by atoms with Gasteiger partial charge in [0.1, 0.15) is 18.1 Å². The van der Waals surface area contributed by atoms with Crippen LogP contribution in [0.5, 0.6) is 0 Å². The monoisotopic (exact) mass is 233 g/mol. The van der Waals surface area contributed by atoms with Crippen molar-refractivity contribution in [3.63, 3.8) is 0 Å². The Bertz CT molecular complexity index is 370. The number of aromatic nitrogens is 2.